The van der Waals surface area contributed by atoms with Crippen LogP contribution in [0.4, 0.5) is 13.2 Å². The molecule has 8 heteroatoms. The Morgan fingerprint density at radius 3 is 2.61 bits per heavy atom. The van der Waals surface area contributed by atoms with Crippen LogP contribution in [0.2, 0.25) is 0 Å². The largest absolute Gasteiger partial charge is 0.417 e. The van der Waals surface area contributed by atoms with Crippen LogP contribution in [0.1, 0.15) is 18.4 Å². The Hall–Kier alpha value is -1.83. The summed E-state index contributed by atoms with van der Waals surface area (Å²) in [6.45, 7) is 0.0240. The van der Waals surface area contributed by atoms with Gasteiger partial charge in [0.05, 0.1) is 5.56 Å². The number of carbonyl (C=O) groups excluding carboxylic acids is 1. The van der Waals surface area contributed by atoms with Gasteiger partial charge in [0.25, 0.3) is 5.56 Å². The lowest BCUT2D eigenvalue weighted by atomic mass is 10.2. The molecule has 0 aromatic carbocycles. The molecule has 3 N–H and O–H groups in total. The third kappa shape index (κ3) is 3.88. The first-order valence-corrected chi connectivity index (χ1v) is 5.11. The fraction of sp³-hybridized carbons (Fsp3) is 0.400. The average molecular weight is 263 g/mol. The lowest BCUT2D eigenvalue weighted by Crippen LogP contribution is -2.30. The Kier molecular flexibility index (Phi) is 4.49. The predicted octanol–water partition coefficient (Wildman–Crippen LogP) is 0.637. The average Bonchev–Trinajstić information content (AvgIpc) is 2.29. The smallest absolute Gasteiger partial charge is 0.315 e. The summed E-state index contributed by atoms with van der Waals surface area (Å²) in [5, 5.41) is 0. The number of carbonyl (C=O) groups is 1. The van der Waals surface area contributed by atoms with Crippen LogP contribution in [0.3, 0.4) is 0 Å². The Labute approximate surface area is 100 Å². The van der Waals surface area contributed by atoms with E-state index in [1.165, 1.54) is 0 Å². The monoisotopic (exact) mass is 263 g/mol. The summed E-state index contributed by atoms with van der Waals surface area (Å²) >= 11 is 0. The zero-order valence-electron chi connectivity index (χ0n) is 9.33. The number of pyridine rings is 1. The molecule has 0 fully saturated rings. The maximum atomic E-state index is 12.4. The lowest BCUT2D eigenvalue weighted by Gasteiger charge is -2.10. The van der Waals surface area contributed by atoms with Gasteiger partial charge in [-0.1, -0.05) is 0 Å². The number of amides is 1. The lowest BCUT2D eigenvalue weighted by molar-refractivity contribution is -0.138. The Bertz CT molecular complexity index is 482. The van der Waals surface area contributed by atoms with Crippen molar-refractivity contribution in [2.75, 3.05) is 0 Å². The Balaban J connectivity index is 2.76. The number of rotatable bonds is 4. The van der Waals surface area contributed by atoms with Gasteiger partial charge in [-0.05, 0) is 12.5 Å². The Morgan fingerprint density at radius 1 is 1.39 bits per heavy atom. The van der Waals surface area contributed by atoms with Crippen molar-refractivity contribution in [3.05, 3.63) is 34.2 Å². The highest BCUT2D eigenvalue weighted by Gasteiger charge is 2.30. The second-order valence-electron chi connectivity index (χ2n) is 3.62. The minimum Gasteiger partial charge on any atom is -0.315 e. The molecule has 0 bridgehead atoms. The number of nitrogens with one attached hydrogen (secondary N) is 1. The molecule has 0 radical (unpaired) electrons. The number of hydrogen-bond acceptors (Lipinski definition) is 3. The molecule has 1 heterocycles. The first-order valence-electron chi connectivity index (χ1n) is 5.11. The first kappa shape index (κ1) is 14.2. The van der Waals surface area contributed by atoms with E-state index in [9.17, 15) is 22.8 Å². The summed E-state index contributed by atoms with van der Waals surface area (Å²) in [5.74, 6) is 4.41. The molecule has 0 aliphatic rings. The van der Waals surface area contributed by atoms with Gasteiger partial charge in [-0.15, -0.1) is 0 Å². The van der Waals surface area contributed by atoms with Gasteiger partial charge in [-0.3, -0.25) is 15.0 Å². The third-order valence-corrected chi connectivity index (χ3v) is 2.27. The number of halogens is 3. The number of alkyl halides is 3. The van der Waals surface area contributed by atoms with Crippen molar-refractivity contribution < 1.29 is 18.0 Å². The molecule has 100 valence electrons. The first-order chi connectivity index (χ1) is 8.34. The van der Waals surface area contributed by atoms with Crippen molar-refractivity contribution in [3.8, 4) is 0 Å². The maximum Gasteiger partial charge on any atom is 0.417 e. The van der Waals surface area contributed by atoms with E-state index < -0.39 is 23.2 Å². The van der Waals surface area contributed by atoms with E-state index in [0.29, 0.717) is 0 Å². The summed E-state index contributed by atoms with van der Waals surface area (Å²) in [6.07, 6.45) is -3.49. The van der Waals surface area contributed by atoms with E-state index in [4.69, 9.17) is 5.84 Å². The van der Waals surface area contributed by atoms with Crippen molar-refractivity contribution in [2.45, 2.75) is 25.6 Å². The molecule has 5 nitrogen and oxygen atoms in total. The van der Waals surface area contributed by atoms with E-state index in [-0.39, 0.29) is 19.4 Å². The van der Waals surface area contributed by atoms with Crippen molar-refractivity contribution >= 4 is 5.91 Å². The van der Waals surface area contributed by atoms with E-state index in [0.717, 1.165) is 22.9 Å². The molecule has 0 unspecified atom stereocenters. The van der Waals surface area contributed by atoms with E-state index in [1.807, 2.05) is 5.43 Å². The summed E-state index contributed by atoms with van der Waals surface area (Å²) in [6, 6.07) is 1.58. The number of hydrazine groups is 1. The van der Waals surface area contributed by atoms with Gasteiger partial charge in [0.2, 0.25) is 5.91 Å². The quantitative estimate of drug-likeness (QED) is 0.475. The van der Waals surface area contributed by atoms with Crippen LogP contribution in [-0.4, -0.2) is 10.5 Å². The van der Waals surface area contributed by atoms with Crippen LogP contribution in [0.5, 0.6) is 0 Å². The summed E-state index contributed by atoms with van der Waals surface area (Å²) in [4.78, 5) is 22.1. The fourth-order valence-corrected chi connectivity index (χ4v) is 1.36. The summed E-state index contributed by atoms with van der Waals surface area (Å²) in [5.41, 5.74) is 0.452. The topological polar surface area (TPSA) is 77.1 Å². The number of aryl methyl sites for hydroxylation is 1. The van der Waals surface area contributed by atoms with Crippen LogP contribution in [0.25, 0.3) is 0 Å². The normalized spacial score (nSPS) is 11.3. The molecular weight excluding hydrogens is 251 g/mol. The van der Waals surface area contributed by atoms with E-state index in [1.54, 1.807) is 0 Å². The van der Waals surface area contributed by atoms with Crippen molar-refractivity contribution in [1.29, 1.82) is 0 Å². The predicted molar refractivity (Wildman–Crippen MR) is 57.3 cm³/mol. The molecular formula is C10H12F3N3O2. The zero-order chi connectivity index (χ0) is 13.8. The molecule has 0 saturated heterocycles. The van der Waals surface area contributed by atoms with Crippen molar-refractivity contribution in [3.63, 3.8) is 0 Å². The van der Waals surface area contributed by atoms with Gasteiger partial charge in [0, 0.05) is 25.2 Å². The molecule has 0 saturated carbocycles. The number of nitrogens with zero attached hydrogens (tertiary/aromatic N) is 1. The van der Waals surface area contributed by atoms with Crippen molar-refractivity contribution in [1.82, 2.24) is 9.99 Å². The highest BCUT2D eigenvalue weighted by atomic mass is 19.4. The van der Waals surface area contributed by atoms with Crippen LogP contribution in [-0.2, 0) is 17.5 Å². The highest BCUT2D eigenvalue weighted by molar-refractivity contribution is 5.75. The van der Waals surface area contributed by atoms with Crippen LogP contribution in [0.15, 0.2) is 23.1 Å². The van der Waals surface area contributed by atoms with E-state index in [2.05, 4.69) is 0 Å². The number of hydrogen-bond donors (Lipinski definition) is 2. The standard InChI is InChI=1S/C10H12F3N3O2/c11-10(12,13)7-3-4-9(18)16(6-7)5-1-2-8(17)15-14/h3-4,6H,1-2,5,14H2,(H,15,17). The summed E-state index contributed by atoms with van der Waals surface area (Å²) in [7, 11) is 0. The van der Waals surface area contributed by atoms with Gasteiger partial charge in [0.15, 0.2) is 0 Å². The molecule has 1 aromatic rings. The number of aromatic nitrogens is 1. The molecule has 1 aromatic heterocycles. The van der Waals surface area contributed by atoms with Gasteiger partial charge < -0.3 is 4.57 Å². The molecule has 0 spiro atoms. The molecule has 1 rings (SSSR count). The molecule has 0 aliphatic heterocycles. The van der Waals surface area contributed by atoms with Crippen LogP contribution < -0.4 is 16.8 Å². The maximum absolute atomic E-state index is 12.4. The van der Waals surface area contributed by atoms with Gasteiger partial charge in [-0.25, -0.2) is 5.84 Å². The molecule has 18 heavy (non-hydrogen) atoms. The third-order valence-electron chi connectivity index (χ3n) is 2.27. The van der Waals surface area contributed by atoms with Gasteiger partial charge in [-0.2, -0.15) is 13.2 Å². The zero-order valence-corrected chi connectivity index (χ0v) is 9.33. The molecule has 0 atom stereocenters. The second-order valence-corrected chi connectivity index (χ2v) is 3.62. The minimum absolute atomic E-state index is 0.0240. The Morgan fingerprint density at radius 2 is 2.06 bits per heavy atom. The SMILES string of the molecule is NNC(=O)CCCn1cc(C(F)(F)F)ccc1=O. The van der Waals surface area contributed by atoms with Gasteiger partial charge >= 0.3 is 6.18 Å². The minimum atomic E-state index is -4.50. The molecule has 0 aliphatic carbocycles. The van der Waals surface area contributed by atoms with Crippen LogP contribution >= 0.6 is 0 Å². The second kappa shape index (κ2) is 5.67. The van der Waals surface area contributed by atoms with E-state index >= 15 is 0 Å². The number of nitrogens with two attached hydrogens (primary N) is 1. The summed E-state index contributed by atoms with van der Waals surface area (Å²) < 4.78 is 38.1. The highest BCUT2D eigenvalue weighted by Crippen LogP contribution is 2.27. The van der Waals surface area contributed by atoms with Crippen LogP contribution in [0, 0.1) is 0 Å². The molecule has 1 amide bonds. The van der Waals surface area contributed by atoms with Crippen molar-refractivity contribution in [2.24, 2.45) is 5.84 Å². The van der Waals surface area contributed by atoms with Gasteiger partial charge in [0.1, 0.15) is 0 Å². The fourth-order valence-electron chi connectivity index (χ4n) is 1.36.